The maximum absolute atomic E-state index is 5.91. The molecule has 2 nitrogen and oxygen atoms in total. The third kappa shape index (κ3) is 4.17. The van der Waals surface area contributed by atoms with Gasteiger partial charge in [0, 0.05) is 12.2 Å². The second-order valence-electron chi connectivity index (χ2n) is 5.65. The molecule has 0 bridgehead atoms. The highest BCUT2D eigenvalue weighted by atomic mass is 16.5. The smallest absolute Gasteiger partial charge is 0.119 e. The summed E-state index contributed by atoms with van der Waals surface area (Å²) < 4.78 is 5.91. The summed E-state index contributed by atoms with van der Waals surface area (Å²) in [7, 11) is 0. The van der Waals surface area contributed by atoms with Gasteiger partial charge in [-0.15, -0.1) is 0 Å². The number of rotatable bonds is 7. The van der Waals surface area contributed by atoms with Crippen LogP contribution < -0.4 is 9.64 Å². The first-order valence-electron chi connectivity index (χ1n) is 8.45. The summed E-state index contributed by atoms with van der Waals surface area (Å²) in [4.78, 5) is 2.32. The first kappa shape index (κ1) is 16.1. The molecule has 122 valence electrons. The van der Waals surface area contributed by atoms with Gasteiger partial charge in [0.2, 0.25) is 0 Å². The van der Waals surface area contributed by atoms with Crippen LogP contribution in [0.3, 0.4) is 0 Å². The molecule has 0 aliphatic heterocycles. The summed E-state index contributed by atoms with van der Waals surface area (Å²) in [6.07, 6.45) is 0. The molecule has 3 rings (SSSR count). The summed E-state index contributed by atoms with van der Waals surface area (Å²) in [5.74, 6) is 0.916. The van der Waals surface area contributed by atoms with E-state index in [-0.39, 0.29) is 0 Å². The van der Waals surface area contributed by atoms with E-state index < -0.39 is 0 Å². The van der Waals surface area contributed by atoms with E-state index in [4.69, 9.17) is 4.74 Å². The first-order valence-corrected chi connectivity index (χ1v) is 8.45. The highest BCUT2D eigenvalue weighted by molar-refractivity contribution is 5.63. The molecule has 2 heteroatoms. The van der Waals surface area contributed by atoms with Crippen molar-refractivity contribution in [1.29, 1.82) is 0 Å². The fraction of sp³-hybridized carbons (Fsp3) is 0.182. The van der Waals surface area contributed by atoms with Crippen LogP contribution in [-0.4, -0.2) is 19.7 Å². The van der Waals surface area contributed by atoms with Gasteiger partial charge in [0.15, 0.2) is 0 Å². The number of ether oxygens (including phenoxy) is 1. The summed E-state index contributed by atoms with van der Waals surface area (Å²) >= 11 is 0. The van der Waals surface area contributed by atoms with Gasteiger partial charge in [-0.05, 0) is 42.3 Å². The molecule has 0 atom stereocenters. The predicted octanol–water partition coefficient (Wildman–Crippen LogP) is 5.26. The van der Waals surface area contributed by atoms with E-state index in [9.17, 15) is 0 Å². The molecule has 0 fully saturated rings. The molecule has 0 aromatic heterocycles. The van der Waals surface area contributed by atoms with E-state index >= 15 is 0 Å². The quantitative estimate of drug-likeness (QED) is 0.589. The van der Waals surface area contributed by atoms with E-state index in [0.717, 1.165) is 18.8 Å². The second-order valence-corrected chi connectivity index (χ2v) is 5.65. The maximum atomic E-state index is 5.91. The summed E-state index contributed by atoms with van der Waals surface area (Å²) in [6, 6.07) is 29.2. The summed E-state index contributed by atoms with van der Waals surface area (Å²) in [5.41, 5.74) is 3.68. The summed E-state index contributed by atoms with van der Waals surface area (Å²) in [6.45, 7) is 4.69. The van der Waals surface area contributed by atoms with Crippen molar-refractivity contribution in [2.24, 2.45) is 0 Å². The Morgan fingerprint density at radius 2 is 1.29 bits per heavy atom. The lowest BCUT2D eigenvalue weighted by molar-refractivity contribution is 0.324. The van der Waals surface area contributed by atoms with Crippen molar-refractivity contribution in [3.63, 3.8) is 0 Å². The number of anilines is 1. The van der Waals surface area contributed by atoms with Crippen LogP contribution >= 0.6 is 0 Å². The van der Waals surface area contributed by atoms with Gasteiger partial charge in [-0.25, -0.2) is 0 Å². The number of likely N-dealkylation sites (N-methyl/N-ethyl adjacent to an activating group) is 1. The molecule has 3 aromatic carbocycles. The van der Waals surface area contributed by atoms with Gasteiger partial charge in [-0.1, -0.05) is 60.7 Å². The van der Waals surface area contributed by atoms with Gasteiger partial charge in [0.25, 0.3) is 0 Å². The van der Waals surface area contributed by atoms with Gasteiger partial charge < -0.3 is 9.64 Å². The Labute approximate surface area is 144 Å². The minimum absolute atomic E-state index is 0.674. The van der Waals surface area contributed by atoms with Crippen LogP contribution in [0.5, 0.6) is 5.75 Å². The standard InChI is InChI=1S/C22H23NO/c1-2-23(21-11-7-4-8-12-21)17-18-24-22-15-13-20(14-16-22)19-9-5-3-6-10-19/h3-16H,2,17-18H2,1H3. The van der Waals surface area contributed by atoms with Crippen LogP contribution in [0.4, 0.5) is 5.69 Å². The van der Waals surface area contributed by atoms with Crippen LogP contribution in [-0.2, 0) is 0 Å². The number of para-hydroxylation sites is 1. The highest BCUT2D eigenvalue weighted by Crippen LogP contribution is 2.22. The first-order chi connectivity index (χ1) is 11.9. The van der Waals surface area contributed by atoms with Crippen LogP contribution in [0.2, 0.25) is 0 Å². The van der Waals surface area contributed by atoms with E-state index in [1.165, 1.54) is 16.8 Å². The Hall–Kier alpha value is -2.74. The Morgan fingerprint density at radius 1 is 0.708 bits per heavy atom. The molecule has 0 aliphatic rings. The van der Waals surface area contributed by atoms with Gasteiger partial charge >= 0.3 is 0 Å². The van der Waals surface area contributed by atoms with Crippen molar-refractivity contribution in [2.75, 3.05) is 24.6 Å². The molecular weight excluding hydrogens is 294 g/mol. The largest absolute Gasteiger partial charge is 0.492 e. The number of hydrogen-bond acceptors (Lipinski definition) is 2. The van der Waals surface area contributed by atoms with E-state index in [2.05, 4.69) is 72.5 Å². The zero-order valence-corrected chi connectivity index (χ0v) is 14.1. The Bertz CT molecular complexity index is 723. The molecule has 0 saturated carbocycles. The summed E-state index contributed by atoms with van der Waals surface area (Å²) in [5, 5.41) is 0. The third-order valence-electron chi connectivity index (χ3n) is 4.09. The van der Waals surface area contributed by atoms with Crippen LogP contribution in [0.15, 0.2) is 84.9 Å². The van der Waals surface area contributed by atoms with Crippen molar-refractivity contribution in [1.82, 2.24) is 0 Å². The van der Waals surface area contributed by atoms with Gasteiger partial charge in [-0.2, -0.15) is 0 Å². The molecule has 0 radical (unpaired) electrons. The zero-order valence-electron chi connectivity index (χ0n) is 14.1. The van der Waals surface area contributed by atoms with Crippen molar-refractivity contribution in [2.45, 2.75) is 6.92 Å². The number of nitrogens with zero attached hydrogens (tertiary/aromatic N) is 1. The number of benzene rings is 3. The van der Waals surface area contributed by atoms with Crippen molar-refractivity contribution < 1.29 is 4.74 Å². The van der Waals surface area contributed by atoms with Gasteiger partial charge in [-0.3, -0.25) is 0 Å². The molecule has 0 aliphatic carbocycles. The maximum Gasteiger partial charge on any atom is 0.119 e. The molecule has 0 heterocycles. The number of hydrogen-bond donors (Lipinski definition) is 0. The topological polar surface area (TPSA) is 12.5 Å². The van der Waals surface area contributed by atoms with Crippen LogP contribution in [0, 0.1) is 0 Å². The molecule has 0 unspecified atom stereocenters. The van der Waals surface area contributed by atoms with Gasteiger partial charge in [0.05, 0.1) is 6.54 Å². The Morgan fingerprint density at radius 3 is 1.92 bits per heavy atom. The average molecular weight is 317 g/mol. The fourth-order valence-corrected chi connectivity index (χ4v) is 2.76. The molecule has 3 aromatic rings. The molecule has 24 heavy (non-hydrogen) atoms. The second kappa shape index (κ2) is 8.21. The van der Waals surface area contributed by atoms with E-state index in [1.54, 1.807) is 0 Å². The van der Waals surface area contributed by atoms with E-state index in [1.807, 2.05) is 24.3 Å². The zero-order chi connectivity index (χ0) is 16.6. The molecule has 0 saturated heterocycles. The Kier molecular flexibility index (Phi) is 5.52. The molecule has 0 amide bonds. The molecule has 0 spiro atoms. The minimum Gasteiger partial charge on any atom is -0.492 e. The monoisotopic (exact) mass is 317 g/mol. The lowest BCUT2D eigenvalue weighted by Crippen LogP contribution is -2.27. The Balaban J connectivity index is 1.55. The van der Waals surface area contributed by atoms with Gasteiger partial charge in [0.1, 0.15) is 12.4 Å². The normalized spacial score (nSPS) is 10.4. The average Bonchev–Trinajstić information content (AvgIpc) is 2.67. The lowest BCUT2D eigenvalue weighted by Gasteiger charge is -2.23. The fourth-order valence-electron chi connectivity index (χ4n) is 2.76. The van der Waals surface area contributed by atoms with E-state index in [0.29, 0.717) is 6.61 Å². The lowest BCUT2D eigenvalue weighted by atomic mass is 10.1. The molecule has 0 N–H and O–H groups in total. The SMILES string of the molecule is CCN(CCOc1ccc(-c2ccccc2)cc1)c1ccccc1. The van der Waals surface area contributed by atoms with Crippen molar-refractivity contribution in [3.8, 4) is 16.9 Å². The van der Waals surface area contributed by atoms with Crippen molar-refractivity contribution in [3.05, 3.63) is 84.9 Å². The predicted molar refractivity (Wildman–Crippen MR) is 102 cm³/mol. The van der Waals surface area contributed by atoms with Crippen LogP contribution in [0.1, 0.15) is 6.92 Å². The highest BCUT2D eigenvalue weighted by Gasteiger charge is 2.04. The van der Waals surface area contributed by atoms with Crippen LogP contribution in [0.25, 0.3) is 11.1 Å². The van der Waals surface area contributed by atoms with Crippen molar-refractivity contribution >= 4 is 5.69 Å². The third-order valence-corrected chi connectivity index (χ3v) is 4.09. The molecular formula is C22H23NO. The minimum atomic E-state index is 0.674.